The van der Waals surface area contributed by atoms with Crippen LogP contribution in [0, 0.1) is 0 Å². The van der Waals surface area contributed by atoms with Gasteiger partial charge in [0.1, 0.15) is 5.69 Å². The SMILES string of the molecule is O=C(O)c1c(N=Nc2ccccc2)c(C2CCOCC2)nn1C1CC1. The van der Waals surface area contributed by atoms with Crippen LogP contribution >= 0.6 is 0 Å². The summed E-state index contributed by atoms with van der Waals surface area (Å²) >= 11 is 0. The van der Waals surface area contributed by atoms with Crippen molar-refractivity contribution in [2.75, 3.05) is 13.2 Å². The molecule has 1 N–H and O–H groups in total. The molecule has 0 radical (unpaired) electrons. The summed E-state index contributed by atoms with van der Waals surface area (Å²) in [7, 11) is 0. The summed E-state index contributed by atoms with van der Waals surface area (Å²) in [4.78, 5) is 11.9. The van der Waals surface area contributed by atoms with Crippen LogP contribution in [-0.4, -0.2) is 34.1 Å². The zero-order valence-electron chi connectivity index (χ0n) is 13.8. The Kier molecular flexibility index (Phi) is 4.31. The largest absolute Gasteiger partial charge is 0.476 e. The van der Waals surface area contributed by atoms with E-state index in [2.05, 4.69) is 15.3 Å². The molecule has 0 spiro atoms. The third-order valence-electron chi connectivity index (χ3n) is 4.64. The maximum atomic E-state index is 11.9. The molecule has 1 aliphatic heterocycles. The van der Waals surface area contributed by atoms with Crippen LogP contribution in [0.25, 0.3) is 0 Å². The Morgan fingerprint density at radius 3 is 2.48 bits per heavy atom. The van der Waals surface area contributed by atoms with E-state index in [9.17, 15) is 9.90 Å². The molecular formula is C18H20N4O3. The van der Waals surface area contributed by atoms with Crippen molar-refractivity contribution in [3.63, 3.8) is 0 Å². The molecule has 2 fully saturated rings. The second-order valence-electron chi connectivity index (χ2n) is 6.49. The van der Waals surface area contributed by atoms with E-state index in [0.717, 1.165) is 31.4 Å². The second-order valence-corrected chi connectivity index (χ2v) is 6.49. The minimum atomic E-state index is -1.00. The zero-order chi connectivity index (χ0) is 17.2. The third kappa shape index (κ3) is 3.32. The smallest absolute Gasteiger partial charge is 0.356 e. The predicted molar refractivity (Wildman–Crippen MR) is 90.9 cm³/mol. The molecule has 2 aromatic rings. The topological polar surface area (TPSA) is 89.1 Å². The standard InChI is InChI=1S/C18H20N4O3/c23-18(24)17-16(20-19-13-4-2-1-3-5-13)15(12-8-10-25-11-9-12)21-22(17)14-6-7-14/h1-5,12,14H,6-11H2,(H,23,24). The van der Waals surface area contributed by atoms with Crippen LogP contribution in [0.4, 0.5) is 11.4 Å². The van der Waals surface area contributed by atoms with Crippen molar-refractivity contribution in [3.8, 4) is 0 Å². The van der Waals surface area contributed by atoms with Crippen molar-refractivity contribution in [2.24, 2.45) is 10.2 Å². The van der Waals surface area contributed by atoms with E-state index in [1.807, 2.05) is 30.3 Å². The number of benzene rings is 1. The molecule has 1 aliphatic carbocycles. The lowest BCUT2D eigenvalue weighted by Crippen LogP contribution is -2.15. The summed E-state index contributed by atoms with van der Waals surface area (Å²) in [6.45, 7) is 1.33. The van der Waals surface area contributed by atoms with Gasteiger partial charge < -0.3 is 9.84 Å². The molecule has 1 aromatic heterocycles. The number of hydrogen-bond donors (Lipinski definition) is 1. The van der Waals surface area contributed by atoms with Gasteiger partial charge in [-0.05, 0) is 37.8 Å². The molecular weight excluding hydrogens is 320 g/mol. The van der Waals surface area contributed by atoms with E-state index >= 15 is 0 Å². The van der Waals surface area contributed by atoms with Crippen LogP contribution in [0.2, 0.25) is 0 Å². The Labute approximate surface area is 145 Å². The highest BCUT2D eigenvalue weighted by Gasteiger charge is 2.35. The van der Waals surface area contributed by atoms with Gasteiger partial charge in [0, 0.05) is 19.1 Å². The number of rotatable bonds is 5. The van der Waals surface area contributed by atoms with E-state index in [1.54, 1.807) is 4.68 Å². The van der Waals surface area contributed by atoms with E-state index in [1.165, 1.54) is 0 Å². The van der Waals surface area contributed by atoms with Crippen molar-refractivity contribution in [1.82, 2.24) is 9.78 Å². The Balaban J connectivity index is 1.77. The number of nitrogens with zero attached hydrogens (tertiary/aromatic N) is 4. The monoisotopic (exact) mass is 340 g/mol. The molecule has 0 bridgehead atoms. The molecule has 1 saturated heterocycles. The molecule has 25 heavy (non-hydrogen) atoms. The number of azo groups is 1. The van der Waals surface area contributed by atoms with Crippen LogP contribution in [0.15, 0.2) is 40.6 Å². The fraction of sp³-hybridized carbons (Fsp3) is 0.444. The molecule has 2 heterocycles. The molecule has 7 heteroatoms. The maximum Gasteiger partial charge on any atom is 0.356 e. The third-order valence-corrected chi connectivity index (χ3v) is 4.64. The number of carbonyl (C=O) groups is 1. The van der Waals surface area contributed by atoms with Crippen molar-refractivity contribution in [2.45, 2.75) is 37.6 Å². The predicted octanol–water partition coefficient (Wildman–Crippen LogP) is 4.23. The molecule has 1 aromatic carbocycles. The summed E-state index contributed by atoms with van der Waals surface area (Å²) in [6, 6.07) is 9.50. The van der Waals surface area contributed by atoms with E-state index < -0.39 is 5.97 Å². The van der Waals surface area contributed by atoms with Gasteiger partial charge in [-0.1, -0.05) is 18.2 Å². The van der Waals surface area contributed by atoms with E-state index in [4.69, 9.17) is 4.74 Å². The normalized spacial score (nSPS) is 18.7. The van der Waals surface area contributed by atoms with Gasteiger partial charge in [0.15, 0.2) is 5.69 Å². The van der Waals surface area contributed by atoms with Crippen molar-refractivity contribution in [1.29, 1.82) is 0 Å². The summed E-state index contributed by atoms with van der Waals surface area (Å²) < 4.78 is 7.08. The first-order chi connectivity index (χ1) is 12.2. The van der Waals surface area contributed by atoms with Crippen LogP contribution < -0.4 is 0 Å². The summed E-state index contributed by atoms with van der Waals surface area (Å²) in [5.41, 5.74) is 1.99. The number of hydrogen-bond acceptors (Lipinski definition) is 5. The number of carboxylic acids is 1. The minimum Gasteiger partial charge on any atom is -0.476 e. The van der Waals surface area contributed by atoms with Gasteiger partial charge in [-0.2, -0.15) is 10.2 Å². The summed E-state index contributed by atoms with van der Waals surface area (Å²) in [5.74, 6) is -0.837. The molecule has 0 amide bonds. The molecule has 2 aliphatic rings. The average molecular weight is 340 g/mol. The summed E-state index contributed by atoms with van der Waals surface area (Å²) in [6.07, 6.45) is 3.58. The summed E-state index contributed by atoms with van der Waals surface area (Å²) in [5, 5.41) is 23.0. The van der Waals surface area contributed by atoms with Gasteiger partial charge in [-0.15, -0.1) is 5.11 Å². The van der Waals surface area contributed by atoms with Crippen LogP contribution in [0.3, 0.4) is 0 Å². The van der Waals surface area contributed by atoms with Gasteiger partial charge in [0.25, 0.3) is 0 Å². The van der Waals surface area contributed by atoms with E-state index in [-0.39, 0.29) is 17.7 Å². The van der Waals surface area contributed by atoms with Crippen LogP contribution in [-0.2, 0) is 4.74 Å². The first kappa shape index (κ1) is 16.0. The molecule has 7 nitrogen and oxygen atoms in total. The molecule has 4 rings (SSSR count). The first-order valence-electron chi connectivity index (χ1n) is 8.64. The zero-order valence-corrected chi connectivity index (χ0v) is 13.8. The Morgan fingerprint density at radius 2 is 1.84 bits per heavy atom. The molecule has 130 valence electrons. The lowest BCUT2D eigenvalue weighted by Gasteiger charge is -2.20. The van der Waals surface area contributed by atoms with Crippen molar-refractivity contribution in [3.05, 3.63) is 41.7 Å². The number of aromatic nitrogens is 2. The van der Waals surface area contributed by atoms with Gasteiger partial charge in [-0.25, -0.2) is 4.79 Å². The highest BCUT2D eigenvalue weighted by atomic mass is 16.5. The molecule has 1 saturated carbocycles. The first-order valence-corrected chi connectivity index (χ1v) is 8.64. The lowest BCUT2D eigenvalue weighted by atomic mass is 9.95. The van der Waals surface area contributed by atoms with Gasteiger partial charge in [0.2, 0.25) is 0 Å². The average Bonchev–Trinajstić information content (AvgIpc) is 3.42. The van der Waals surface area contributed by atoms with E-state index in [0.29, 0.717) is 24.6 Å². The van der Waals surface area contributed by atoms with Gasteiger partial charge in [-0.3, -0.25) is 4.68 Å². The van der Waals surface area contributed by atoms with Crippen molar-refractivity contribution < 1.29 is 14.6 Å². The van der Waals surface area contributed by atoms with Crippen LogP contribution in [0.1, 0.15) is 53.8 Å². The molecule has 0 atom stereocenters. The number of carboxylic acid groups (broad SMARTS) is 1. The maximum absolute atomic E-state index is 11.9. The number of ether oxygens (including phenoxy) is 1. The fourth-order valence-electron chi connectivity index (χ4n) is 3.17. The Hall–Kier alpha value is -2.54. The highest BCUT2D eigenvalue weighted by Crippen LogP contribution is 2.42. The lowest BCUT2D eigenvalue weighted by molar-refractivity contribution is 0.0684. The quantitative estimate of drug-likeness (QED) is 0.825. The van der Waals surface area contributed by atoms with Crippen LogP contribution in [0.5, 0.6) is 0 Å². The van der Waals surface area contributed by atoms with Gasteiger partial charge in [0.05, 0.1) is 17.4 Å². The molecule has 0 unspecified atom stereocenters. The fourth-order valence-corrected chi connectivity index (χ4v) is 3.17. The minimum absolute atomic E-state index is 0.156. The van der Waals surface area contributed by atoms with Crippen molar-refractivity contribution >= 4 is 17.3 Å². The Morgan fingerprint density at radius 1 is 1.12 bits per heavy atom. The second kappa shape index (κ2) is 6.76. The Bertz CT molecular complexity index is 790. The van der Waals surface area contributed by atoms with Gasteiger partial charge >= 0.3 is 5.97 Å². The number of aromatic carboxylic acids is 1. The highest BCUT2D eigenvalue weighted by molar-refractivity contribution is 5.92.